The minimum Gasteiger partial charge on any atom is -0.461 e. The van der Waals surface area contributed by atoms with Crippen molar-refractivity contribution in [2.24, 2.45) is 0 Å². The number of esters is 1. The molecule has 0 heterocycles. The monoisotopic (exact) mass is 555 g/mol. The predicted molar refractivity (Wildman–Crippen MR) is 179 cm³/mol. The summed E-state index contributed by atoms with van der Waals surface area (Å²) in [6.07, 6.45) is 37.6. The van der Waals surface area contributed by atoms with E-state index in [9.17, 15) is 4.79 Å². The first-order valence-electron chi connectivity index (χ1n) is 16.8. The smallest absolute Gasteiger partial charge is 0.306 e. The van der Waals surface area contributed by atoms with Crippen LogP contribution in [0.4, 0.5) is 0 Å². The molecule has 0 spiro atoms. The minimum atomic E-state index is -0.0541. The number of carbonyl (C=O) groups excluding carboxylic acids is 1. The molecule has 0 bridgehead atoms. The summed E-state index contributed by atoms with van der Waals surface area (Å²) in [4.78, 5) is 12.0. The van der Waals surface area contributed by atoms with Crippen molar-refractivity contribution in [1.82, 2.24) is 0 Å². The molecule has 0 fully saturated rings. The Bertz CT molecular complexity index is 758. The van der Waals surface area contributed by atoms with Gasteiger partial charge in [0, 0.05) is 6.42 Å². The number of hydrogen-bond donors (Lipinski definition) is 0. The molecule has 0 aliphatic heterocycles. The summed E-state index contributed by atoms with van der Waals surface area (Å²) in [7, 11) is 0. The zero-order chi connectivity index (χ0) is 29.7. The van der Waals surface area contributed by atoms with Crippen LogP contribution in [0.1, 0.15) is 170 Å². The van der Waals surface area contributed by atoms with Gasteiger partial charge in [0.1, 0.15) is 6.61 Å². The van der Waals surface area contributed by atoms with Crippen LogP contribution in [0.3, 0.4) is 0 Å². The van der Waals surface area contributed by atoms with Gasteiger partial charge >= 0.3 is 5.97 Å². The van der Waals surface area contributed by atoms with Crippen LogP contribution in [-0.4, -0.2) is 12.6 Å². The summed E-state index contributed by atoms with van der Waals surface area (Å²) in [5.74, 6) is -0.0541. The number of allylic oxidation sites excluding steroid dienone is 9. The fourth-order valence-electron chi connectivity index (χ4n) is 4.68. The third-order valence-electron chi connectivity index (χ3n) is 7.47. The number of unbranched alkanes of at least 4 members (excludes halogenated alkanes) is 11. The van der Waals surface area contributed by atoms with Gasteiger partial charge in [-0.1, -0.05) is 111 Å². The van der Waals surface area contributed by atoms with E-state index in [4.69, 9.17) is 4.74 Å². The van der Waals surface area contributed by atoms with Crippen molar-refractivity contribution in [3.8, 4) is 0 Å². The van der Waals surface area contributed by atoms with Crippen LogP contribution in [0.2, 0.25) is 0 Å². The molecule has 0 aromatic rings. The highest BCUT2D eigenvalue weighted by Crippen LogP contribution is 2.14. The Hall–Kier alpha value is -1.83. The molecule has 0 saturated carbocycles. The van der Waals surface area contributed by atoms with Crippen LogP contribution < -0.4 is 0 Å². The van der Waals surface area contributed by atoms with Crippen molar-refractivity contribution < 1.29 is 9.53 Å². The van der Waals surface area contributed by atoms with Gasteiger partial charge in [0.15, 0.2) is 0 Å². The molecule has 0 atom stereocenters. The molecule has 2 nitrogen and oxygen atoms in total. The molecule has 40 heavy (non-hydrogen) atoms. The Labute approximate surface area is 250 Å². The van der Waals surface area contributed by atoms with Gasteiger partial charge < -0.3 is 4.74 Å². The van der Waals surface area contributed by atoms with Crippen LogP contribution in [0.5, 0.6) is 0 Å². The van der Waals surface area contributed by atoms with E-state index in [0.29, 0.717) is 13.0 Å². The van der Waals surface area contributed by atoms with Crippen molar-refractivity contribution in [2.75, 3.05) is 6.61 Å². The van der Waals surface area contributed by atoms with E-state index in [1.807, 2.05) is 0 Å². The van der Waals surface area contributed by atoms with Crippen LogP contribution in [-0.2, 0) is 9.53 Å². The Kier molecular flexibility index (Phi) is 27.4. The highest BCUT2D eigenvalue weighted by Gasteiger charge is 2.02. The van der Waals surface area contributed by atoms with Gasteiger partial charge in [-0.05, 0) is 111 Å². The van der Waals surface area contributed by atoms with E-state index >= 15 is 0 Å². The number of carbonyl (C=O) groups is 1. The fraction of sp³-hybridized carbons (Fsp3) is 0.711. The van der Waals surface area contributed by atoms with Crippen LogP contribution in [0.15, 0.2) is 58.7 Å². The fourth-order valence-corrected chi connectivity index (χ4v) is 4.68. The zero-order valence-electron chi connectivity index (χ0n) is 27.6. The predicted octanol–water partition coefficient (Wildman–Crippen LogP) is 12.7. The van der Waals surface area contributed by atoms with Gasteiger partial charge in [0.25, 0.3) is 0 Å². The van der Waals surface area contributed by atoms with Crippen LogP contribution in [0.25, 0.3) is 0 Å². The maximum absolute atomic E-state index is 12.0. The summed E-state index contributed by atoms with van der Waals surface area (Å²) in [5.41, 5.74) is 5.67. The largest absolute Gasteiger partial charge is 0.461 e. The lowest BCUT2D eigenvalue weighted by Gasteiger charge is -2.04. The van der Waals surface area contributed by atoms with E-state index in [0.717, 1.165) is 44.9 Å². The summed E-state index contributed by atoms with van der Waals surface area (Å²) in [6.45, 7) is 13.6. The summed E-state index contributed by atoms with van der Waals surface area (Å²) in [6, 6.07) is 0. The molecule has 0 aliphatic carbocycles. The Morgan fingerprint density at radius 3 is 1.48 bits per heavy atom. The number of ether oxygens (including phenoxy) is 1. The Morgan fingerprint density at radius 1 is 0.500 bits per heavy atom. The van der Waals surface area contributed by atoms with Crippen molar-refractivity contribution in [1.29, 1.82) is 0 Å². The third kappa shape index (κ3) is 29.2. The minimum absolute atomic E-state index is 0.0541. The van der Waals surface area contributed by atoms with E-state index in [1.54, 1.807) is 0 Å². The third-order valence-corrected chi connectivity index (χ3v) is 7.47. The molecule has 2 heteroatoms. The van der Waals surface area contributed by atoms with E-state index in [1.165, 1.54) is 99.3 Å². The first-order chi connectivity index (χ1) is 19.3. The van der Waals surface area contributed by atoms with E-state index < -0.39 is 0 Å². The van der Waals surface area contributed by atoms with E-state index in [2.05, 4.69) is 78.0 Å². The van der Waals surface area contributed by atoms with Crippen molar-refractivity contribution >= 4 is 5.97 Å². The number of rotatable bonds is 26. The lowest BCUT2D eigenvalue weighted by atomic mass is 10.0. The second-order valence-corrected chi connectivity index (χ2v) is 12.1. The van der Waals surface area contributed by atoms with Gasteiger partial charge in [-0.2, -0.15) is 0 Å². The topological polar surface area (TPSA) is 26.3 Å². The molecule has 0 aromatic carbocycles. The first kappa shape index (κ1) is 38.2. The molecule has 230 valence electrons. The van der Waals surface area contributed by atoms with Gasteiger partial charge in [0.2, 0.25) is 0 Å². The molecular formula is C38H66O2. The highest BCUT2D eigenvalue weighted by atomic mass is 16.5. The van der Waals surface area contributed by atoms with Crippen molar-refractivity contribution in [2.45, 2.75) is 170 Å². The lowest BCUT2D eigenvalue weighted by Crippen LogP contribution is -2.04. The molecular weight excluding hydrogens is 488 g/mol. The molecule has 0 N–H and O–H groups in total. The second-order valence-electron chi connectivity index (χ2n) is 12.1. The Balaban J connectivity index is 3.72. The summed E-state index contributed by atoms with van der Waals surface area (Å²) in [5, 5.41) is 0. The molecule has 0 aliphatic rings. The Morgan fingerprint density at radius 2 is 0.950 bits per heavy atom. The molecule has 0 aromatic heterocycles. The van der Waals surface area contributed by atoms with Gasteiger partial charge in [0.05, 0.1) is 0 Å². The van der Waals surface area contributed by atoms with Gasteiger partial charge in [-0.25, -0.2) is 0 Å². The molecule has 0 amide bonds. The molecule has 0 radical (unpaired) electrons. The normalized spacial score (nSPS) is 12.8. The van der Waals surface area contributed by atoms with Gasteiger partial charge in [-0.15, -0.1) is 0 Å². The average Bonchev–Trinajstić information content (AvgIpc) is 2.90. The average molecular weight is 555 g/mol. The molecule has 0 unspecified atom stereocenters. The summed E-state index contributed by atoms with van der Waals surface area (Å²) < 4.78 is 5.43. The second kappa shape index (κ2) is 28.7. The van der Waals surface area contributed by atoms with E-state index in [-0.39, 0.29) is 5.97 Å². The zero-order valence-corrected chi connectivity index (χ0v) is 27.6. The van der Waals surface area contributed by atoms with Crippen LogP contribution >= 0.6 is 0 Å². The highest BCUT2D eigenvalue weighted by molar-refractivity contribution is 5.69. The maximum Gasteiger partial charge on any atom is 0.306 e. The van der Waals surface area contributed by atoms with Crippen LogP contribution in [0, 0.1) is 0 Å². The van der Waals surface area contributed by atoms with Gasteiger partial charge in [-0.3, -0.25) is 4.79 Å². The number of hydrogen-bond acceptors (Lipinski definition) is 2. The standard InChI is InChI=1S/C38H66O2/c1-7-8-9-10-11-12-13-14-15-16-17-18-19-20-21-31-38(39)40-33-32-37(6)30-24-29-36(5)28-23-27-35(4)26-22-25-34(2)3/h14-15,25,27,29,32H,7-13,16-24,26,28,30-31,33H2,1-6H3/b15-14-,35-27+,36-29+,37-32+. The first-order valence-corrected chi connectivity index (χ1v) is 16.8. The molecule has 0 rings (SSSR count). The van der Waals surface area contributed by atoms with Crippen molar-refractivity contribution in [3.05, 3.63) is 58.7 Å². The molecule has 0 saturated heterocycles. The summed E-state index contributed by atoms with van der Waals surface area (Å²) >= 11 is 0. The quantitative estimate of drug-likeness (QED) is 0.0603. The maximum atomic E-state index is 12.0. The van der Waals surface area contributed by atoms with Crippen molar-refractivity contribution in [3.63, 3.8) is 0 Å². The SMILES string of the molecule is CCCCCCCC/C=C\CCCCCCCC(=O)OC/C=C(\C)CC/C=C(\C)CC/C=C(\C)CCC=C(C)C. The lowest BCUT2D eigenvalue weighted by molar-refractivity contribution is -0.142.